The Balaban J connectivity index is 4.15. The third kappa shape index (κ3) is 4.05. The molecule has 0 saturated heterocycles. The molecule has 0 aromatic carbocycles. The molecule has 0 rings (SSSR count). The number of carbonyl (C=O) groups is 1. The summed E-state index contributed by atoms with van der Waals surface area (Å²) in [6, 6.07) is 0. The van der Waals surface area contributed by atoms with Crippen molar-refractivity contribution >= 4 is 5.97 Å². The van der Waals surface area contributed by atoms with Crippen molar-refractivity contribution in [1.29, 1.82) is 0 Å². The van der Waals surface area contributed by atoms with Crippen LogP contribution in [0.5, 0.6) is 0 Å². The lowest BCUT2D eigenvalue weighted by Gasteiger charge is -2.25. The summed E-state index contributed by atoms with van der Waals surface area (Å²) in [5, 5.41) is 11.8. The Hall–Kier alpha value is -0.870. The molecule has 0 aliphatic heterocycles. The molecule has 0 aromatic rings. The van der Waals surface area contributed by atoms with Crippen molar-refractivity contribution < 1.29 is 14.6 Å². The number of hydrogen-bond donors (Lipinski definition) is 2. The highest BCUT2D eigenvalue weighted by Gasteiger charge is 2.31. The predicted molar refractivity (Wildman–Crippen MR) is 50.7 cm³/mol. The number of ether oxygens (including phenoxy) is 1. The number of aliphatic carboxylic acids is 1. The first-order valence-electron chi connectivity index (χ1n) is 4.15. The van der Waals surface area contributed by atoms with E-state index >= 15 is 0 Å². The van der Waals surface area contributed by atoms with Gasteiger partial charge < -0.3 is 9.84 Å². The zero-order valence-electron chi connectivity index (χ0n) is 8.17. The van der Waals surface area contributed by atoms with Gasteiger partial charge in [-0.2, -0.15) is 0 Å². The predicted octanol–water partition coefficient (Wildman–Crippen LogP) is 0.642. The van der Waals surface area contributed by atoms with Crippen LogP contribution in [0.1, 0.15) is 13.3 Å². The van der Waals surface area contributed by atoms with Crippen molar-refractivity contribution in [3.63, 3.8) is 0 Å². The molecule has 0 bridgehead atoms. The molecule has 13 heavy (non-hydrogen) atoms. The zero-order valence-corrected chi connectivity index (χ0v) is 8.17. The fourth-order valence-corrected chi connectivity index (χ4v) is 0.875. The molecule has 0 aromatic heterocycles. The van der Waals surface area contributed by atoms with E-state index in [0.717, 1.165) is 0 Å². The third-order valence-electron chi connectivity index (χ3n) is 1.91. The van der Waals surface area contributed by atoms with E-state index in [4.69, 9.17) is 9.84 Å². The molecule has 0 saturated carbocycles. The summed E-state index contributed by atoms with van der Waals surface area (Å²) in [4.78, 5) is 10.9. The van der Waals surface area contributed by atoms with E-state index in [0.29, 0.717) is 19.6 Å². The van der Waals surface area contributed by atoms with Crippen molar-refractivity contribution in [1.82, 2.24) is 5.32 Å². The molecule has 0 fully saturated rings. The maximum atomic E-state index is 10.9. The number of nitrogens with one attached hydrogen (secondary N) is 1. The summed E-state index contributed by atoms with van der Waals surface area (Å²) in [6.45, 7) is 6.06. The minimum atomic E-state index is -0.926. The Kier molecular flexibility index (Phi) is 5.34. The first-order chi connectivity index (χ1) is 6.06. The fourth-order valence-electron chi connectivity index (χ4n) is 0.875. The Bertz CT molecular complexity index is 182. The van der Waals surface area contributed by atoms with Gasteiger partial charge in [-0.05, 0) is 13.3 Å². The quantitative estimate of drug-likeness (QED) is 0.574. The molecule has 4 nitrogen and oxygen atoms in total. The average Bonchev–Trinajstić information content (AvgIpc) is 2.11. The van der Waals surface area contributed by atoms with Gasteiger partial charge in [0.1, 0.15) is 5.54 Å². The molecule has 1 atom stereocenters. The highest BCUT2D eigenvalue weighted by Crippen LogP contribution is 2.09. The number of hydrogen-bond acceptors (Lipinski definition) is 3. The lowest BCUT2D eigenvalue weighted by atomic mass is 9.98. The summed E-state index contributed by atoms with van der Waals surface area (Å²) in [5.74, 6) is -0.869. The van der Waals surface area contributed by atoms with Crippen LogP contribution in [0, 0.1) is 0 Å². The van der Waals surface area contributed by atoms with Crippen molar-refractivity contribution in [2.75, 3.05) is 20.3 Å². The van der Waals surface area contributed by atoms with Gasteiger partial charge >= 0.3 is 5.97 Å². The van der Waals surface area contributed by atoms with E-state index in [1.165, 1.54) is 0 Å². The monoisotopic (exact) mass is 187 g/mol. The van der Waals surface area contributed by atoms with Crippen molar-refractivity contribution in [2.24, 2.45) is 0 Å². The van der Waals surface area contributed by atoms with Gasteiger partial charge in [0.2, 0.25) is 0 Å². The van der Waals surface area contributed by atoms with Crippen LogP contribution in [0.2, 0.25) is 0 Å². The van der Waals surface area contributed by atoms with Crippen molar-refractivity contribution in [3.8, 4) is 0 Å². The van der Waals surface area contributed by atoms with Crippen LogP contribution in [0.15, 0.2) is 12.7 Å². The summed E-state index contributed by atoms with van der Waals surface area (Å²) in [5.41, 5.74) is -0.926. The van der Waals surface area contributed by atoms with E-state index in [2.05, 4.69) is 11.9 Å². The second-order valence-corrected chi connectivity index (χ2v) is 3.05. The lowest BCUT2D eigenvalue weighted by Crippen LogP contribution is -2.50. The van der Waals surface area contributed by atoms with Crippen LogP contribution in [-0.2, 0) is 9.53 Å². The van der Waals surface area contributed by atoms with Crippen LogP contribution >= 0.6 is 0 Å². The smallest absolute Gasteiger partial charge is 0.323 e. The zero-order chi connectivity index (χ0) is 10.3. The normalized spacial score (nSPS) is 14.9. The van der Waals surface area contributed by atoms with Gasteiger partial charge in [0.05, 0.1) is 0 Å². The van der Waals surface area contributed by atoms with Gasteiger partial charge in [0.25, 0.3) is 0 Å². The molecule has 0 amide bonds. The average molecular weight is 187 g/mol. The highest BCUT2D eigenvalue weighted by molar-refractivity contribution is 5.78. The molecule has 0 aliphatic carbocycles. The maximum absolute atomic E-state index is 10.9. The van der Waals surface area contributed by atoms with Gasteiger partial charge in [0.15, 0.2) is 0 Å². The van der Waals surface area contributed by atoms with Gasteiger partial charge in [0, 0.05) is 20.3 Å². The molecule has 2 N–H and O–H groups in total. The Morgan fingerprint density at radius 3 is 2.77 bits per heavy atom. The molecule has 0 spiro atoms. The summed E-state index contributed by atoms with van der Waals surface area (Å²) < 4.78 is 4.84. The second-order valence-electron chi connectivity index (χ2n) is 3.05. The number of methoxy groups -OCH3 is 1. The van der Waals surface area contributed by atoms with Crippen molar-refractivity contribution in [3.05, 3.63) is 12.7 Å². The Labute approximate surface area is 78.6 Å². The second kappa shape index (κ2) is 5.72. The van der Waals surface area contributed by atoms with E-state index < -0.39 is 11.5 Å². The SMILES string of the molecule is C=CCNC(C)(CCOC)C(=O)O. The van der Waals surface area contributed by atoms with Gasteiger partial charge in [-0.3, -0.25) is 10.1 Å². The van der Waals surface area contributed by atoms with Crippen LogP contribution in [0.4, 0.5) is 0 Å². The first kappa shape index (κ1) is 12.1. The van der Waals surface area contributed by atoms with Crippen LogP contribution < -0.4 is 5.32 Å². The summed E-state index contributed by atoms with van der Waals surface area (Å²) >= 11 is 0. The molecular formula is C9H17NO3. The molecule has 4 heteroatoms. The Morgan fingerprint density at radius 1 is 1.77 bits per heavy atom. The molecule has 1 unspecified atom stereocenters. The molecule has 0 heterocycles. The first-order valence-corrected chi connectivity index (χ1v) is 4.15. The van der Waals surface area contributed by atoms with E-state index in [1.807, 2.05) is 0 Å². The maximum Gasteiger partial charge on any atom is 0.323 e. The lowest BCUT2D eigenvalue weighted by molar-refractivity contribution is -0.144. The number of rotatable bonds is 7. The minimum absolute atomic E-state index is 0.424. The van der Waals surface area contributed by atoms with Gasteiger partial charge in [-0.15, -0.1) is 6.58 Å². The third-order valence-corrected chi connectivity index (χ3v) is 1.91. The highest BCUT2D eigenvalue weighted by atomic mass is 16.5. The van der Waals surface area contributed by atoms with Gasteiger partial charge in [-0.1, -0.05) is 6.08 Å². The fraction of sp³-hybridized carbons (Fsp3) is 0.667. The minimum Gasteiger partial charge on any atom is -0.480 e. The van der Waals surface area contributed by atoms with Crippen LogP contribution in [0.25, 0.3) is 0 Å². The van der Waals surface area contributed by atoms with E-state index in [-0.39, 0.29) is 0 Å². The molecule has 76 valence electrons. The summed E-state index contributed by atoms with van der Waals surface area (Å²) in [6.07, 6.45) is 2.07. The van der Waals surface area contributed by atoms with Crippen LogP contribution in [0.3, 0.4) is 0 Å². The summed E-state index contributed by atoms with van der Waals surface area (Å²) in [7, 11) is 1.55. The number of carboxylic acid groups (broad SMARTS) is 1. The van der Waals surface area contributed by atoms with Crippen LogP contribution in [-0.4, -0.2) is 36.9 Å². The number of carboxylic acids is 1. The molecular weight excluding hydrogens is 170 g/mol. The van der Waals surface area contributed by atoms with Gasteiger partial charge in [-0.25, -0.2) is 0 Å². The largest absolute Gasteiger partial charge is 0.480 e. The Morgan fingerprint density at radius 2 is 2.38 bits per heavy atom. The van der Waals surface area contributed by atoms with E-state index in [1.54, 1.807) is 20.1 Å². The molecule has 0 aliphatic rings. The van der Waals surface area contributed by atoms with E-state index in [9.17, 15) is 4.79 Å². The standard InChI is InChI=1S/C9H17NO3/c1-4-6-10-9(2,8(11)12)5-7-13-3/h4,10H,1,5-7H2,2-3H3,(H,11,12). The topological polar surface area (TPSA) is 58.6 Å². The van der Waals surface area contributed by atoms with Crippen molar-refractivity contribution in [2.45, 2.75) is 18.9 Å². The molecule has 0 radical (unpaired) electrons.